The van der Waals surface area contributed by atoms with E-state index >= 15 is 0 Å². The van der Waals surface area contributed by atoms with Gasteiger partial charge in [0.15, 0.2) is 0 Å². The first-order valence-corrected chi connectivity index (χ1v) is 6.03. The molecule has 0 saturated heterocycles. The minimum absolute atomic E-state index is 0.217. The third-order valence-corrected chi connectivity index (χ3v) is 3.18. The lowest BCUT2D eigenvalue weighted by atomic mass is 9.98. The molecule has 4 heteroatoms. The molecule has 4 nitrogen and oxygen atoms in total. The van der Waals surface area contributed by atoms with E-state index in [9.17, 15) is 4.79 Å². The van der Waals surface area contributed by atoms with E-state index in [4.69, 9.17) is 16.2 Å². The molecule has 1 aromatic rings. The smallest absolute Gasteiger partial charge is 0.250 e. The summed E-state index contributed by atoms with van der Waals surface area (Å²) < 4.78 is 5.84. The molecule has 17 heavy (non-hydrogen) atoms. The number of hydrogen-bond donors (Lipinski definition) is 2. The molecule has 0 aromatic heterocycles. The van der Waals surface area contributed by atoms with E-state index in [1.165, 1.54) is 19.3 Å². The minimum atomic E-state index is -0.517. The van der Waals surface area contributed by atoms with Gasteiger partial charge in [-0.05, 0) is 37.8 Å². The summed E-state index contributed by atoms with van der Waals surface area (Å²) in [4.78, 5) is 11.2. The molecule has 0 heterocycles. The maximum Gasteiger partial charge on any atom is 0.250 e. The summed E-state index contributed by atoms with van der Waals surface area (Å²) in [5, 5.41) is 0. The third kappa shape index (κ3) is 2.70. The number of anilines is 1. The number of benzene rings is 1. The molecule has 92 valence electrons. The van der Waals surface area contributed by atoms with E-state index in [0.29, 0.717) is 17.0 Å². The van der Waals surface area contributed by atoms with Crippen LogP contribution >= 0.6 is 0 Å². The Morgan fingerprint density at radius 2 is 1.94 bits per heavy atom. The molecule has 0 spiro atoms. The number of carbonyl (C=O) groups excluding carboxylic acids is 1. The van der Waals surface area contributed by atoms with Gasteiger partial charge in [-0.3, -0.25) is 4.79 Å². The lowest BCUT2D eigenvalue weighted by Crippen LogP contribution is -2.21. The SMILES string of the molecule is NC(=O)c1cccc(OC2CCCCC2)c1N. The Bertz CT molecular complexity index is 412. The van der Waals surface area contributed by atoms with Gasteiger partial charge in [0, 0.05) is 0 Å². The Balaban J connectivity index is 2.15. The zero-order chi connectivity index (χ0) is 12.3. The summed E-state index contributed by atoms with van der Waals surface area (Å²) in [5.74, 6) is 0.0600. The number of para-hydroxylation sites is 1. The number of nitrogens with two attached hydrogens (primary N) is 2. The Morgan fingerprint density at radius 1 is 1.24 bits per heavy atom. The van der Waals surface area contributed by atoms with Gasteiger partial charge in [-0.25, -0.2) is 0 Å². The quantitative estimate of drug-likeness (QED) is 0.786. The average Bonchev–Trinajstić information content (AvgIpc) is 2.33. The normalized spacial score (nSPS) is 16.7. The topological polar surface area (TPSA) is 78.3 Å². The average molecular weight is 234 g/mol. The second kappa shape index (κ2) is 5.08. The van der Waals surface area contributed by atoms with Crippen LogP contribution in [0.5, 0.6) is 5.75 Å². The fourth-order valence-corrected chi connectivity index (χ4v) is 2.22. The van der Waals surface area contributed by atoms with Gasteiger partial charge in [0.25, 0.3) is 5.91 Å². The zero-order valence-electron chi connectivity index (χ0n) is 9.82. The fraction of sp³-hybridized carbons (Fsp3) is 0.462. The van der Waals surface area contributed by atoms with Gasteiger partial charge in [-0.2, -0.15) is 0 Å². The number of hydrogen-bond acceptors (Lipinski definition) is 3. The van der Waals surface area contributed by atoms with Crippen molar-refractivity contribution in [1.29, 1.82) is 0 Å². The molecule has 0 aliphatic heterocycles. The molecule has 1 aromatic carbocycles. The molecule has 0 atom stereocenters. The number of rotatable bonds is 3. The summed E-state index contributed by atoms with van der Waals surface area (Å²) in [5.41, 5.74) is 11.8. The lowest BCUT2D eigenvalue weighted by molar-refractivity contribution is 0.1000. The van der Waals surface area contributed by atoms with E-state index in [2.05, 4.69) is 0 Å². The van der Waals surface area contributed by atoms with Gasteiger partial charge in [-0.1, -0.05) is 12.5 Å². The van der Waals surface area contributed by atoms with E-state index < -0.39 is 5.91 Å². The van der Waals surface area contributed by atoms with Crippen LogP contribution in [0.15, 0.2) is 18.2 Å². The molecular formula is C13H18N2O2. The number of nitrogen functional groups attached to an aromatic ring is 1. The van der Waals surface area contributed by atoms with Crippen LogP contribution in [0.3, 0.4) is 0 Å². The highest BCUT2D eigenvalue weighted by molar-refractivity contribution is 5.99. The lowest BCUT2D eigenvalue weighted by Gasteiger charge is -2.24. The largest absolute Gasteiger partial charge is 0.488 e. The van der Waals surface area contributed by atoms with Gasteiger partial charge < -0.3 is 16.2 Å². The second-order valence-electron chi connectivity index (χ2n) is 4.46. The van der Waals surface area contributed by atoms with Crippen LogP contribution in [-0.2, 0) is 0 Å². The summed E-state index contributed by atoms with van der Waals surface area (Å²) >= 11 is 0. The molecule has 1 aliphatic carbocycles. The van der Waals surface area contributed by atoms with Crippen molar-refractivity contribution >= 4 is 11.6 Å². The van der Waals surface area contributed by atoms with Crippen LogP contribution in [-0.4, -0.2) is 12.0 Å². The van der Waals surface area contributed by atoms with Gasteiger partial charge >= 0.3 is 0 Å². The van der Waals surface area contributed by atoms with E-state index in [0.717, 1.165) is 12.8 Å². The first kappa shape index (κ1) is 11.8. The molecule has 1 aliphatic rings. The van der Waals surface area contributed by atoms with E-state index in [-0.39, 0.29) is 6.10 Å². The second-order valence-corrected chi connectivity index (χ2v) is 4.46. The van der Waals surface area contributed by atoms with Crippen LogP contribution in [0.1, 0.15) is 42.5 Å². The van der Waals surface area contributed by atoms with Crippen LogP contribution in [0, 0.1) is 0 Å². The Hall–Kier alpha value is -1.71. The van der Waals surface area contributed by atoms with Crippen molar-refractivity contribution < 1.29 is 9.53 Å². The molecule has 0 unspecified atom stereocenters. The number of amides is 1. The van der Waals surface area contributed by atoms with E-state index in [1.54, 1.807) is 18.2 Å². The highest BCUT2D eigenvalue weighted by atomic mass is 16.5. The molecule has 4 N–H and O–H groups in total. The van der Waals surface area contributed by atoms with Crippen molar-refractivity contribution in [3.8, 4) is 5.75 Å². The molecular weight excluding hydrogens is 216 g/mol. The van der Waals surface area contributed by atoms with Crippen molar-refractivity contribution in [2.45, 2.75) is 38.2 Å². The first-order valence-electron chi connectivity index (χ1n) is 6.03. The van der Waals surface area contributed by atoms with Crippen LogP contribution in [0.2, 0.25) is 0 Å². The Kier molecular flexibility index (Phi) is 3.52. The molecule has 2 rings (SSSR count). The monoisotopic (exact) mass is 234 g/mol. The van der Waals surface area contributed by atoms with E-state index in [1.807, 2.05) is 0 Å². The highest BCUT2D eigenvalue weighted by Crippen LogP contribution is 2.29. The van der Waals surface area contributed by atoms with Crippen LogP contribution in [0.4, 0.5) is 5.69 Å². The molecule has 1 fully saturated rings. The predicted octanol–water partition coefficient (Wildman–Crippen LogP) is 2.08. The summed E-state index contributed by atoms with van der Waals surface area (Å²) in [6, 6.07) is 5.15. The van der Waals surface area contributed by atoms with Crippen LogP contribution in [0.25, 0.3) is 0 Å². The van der Waals surface area contributed by atoms with Crippen molar-refractivity contribution in [3.05, 3.63) is 23.8 Å². The summed E-state index contributed by atoms with van der Waals surface area (Å²) in [6.07, 6.45) is 5.99. The summed E-state index contributed by atoms with van der Waals surface area (Å²) in [6.45, 7) is 0. The molecule has 1 amide bonds. The van der Waals surface area contributed by atoms with Crippen molar-refractivity contribution in [2.75, 3.05) is 5.73 Å². The fourth-order valence-electron chi connectivity index (χ4n) is 2.22. The zero-order valence-corrected chi connectivity index (χ0v) is 9.82. The maximum atomic E-state index is 11.2. The Labute approximate surface area is 101 Å². The Morgan fingerprint density at radius 3 is 2.59 bits per heavy atom. The van der Waals surface area contributed by atoms with Gasteiger partial charge in [0.1, 0.15) is 5.75 Å². The summed E-state index contributed by atoms with van der Waals surface area (Å²) in [7, 11) is 0. The molecule has 0 bridgehead atoms. The maximum absolute atomic E-state index is 11.2. The van der Waals surface area contributed by atoms with Gasteiger partial charge in [0.2, 0.25) is 0 Å². The van der Waals surface area contributed by atoms with Crippen molar-refractivity contribution in [1.82, 2.24) is 0 Å². The van der Waals surface area contributed by atoms with Crippen molar-refractivity contribution in [3.63, 3.8) is 0 Å². The highest BCUT2D eigenvalue weighted by Gasteiger charge is 2.17. The standard InChI is InChI=1S/C13H18N2O2/c14-12-10(13(15)16)7-4-8-11(12)17-9-5-2-1-3-6-9/h4,7-9H,1-3,5-6,14H2,(H2,15,16). The number of ether oxygens (including phenoxy) is 1. The van der Waals surface area contributed by atoms with Gasteiger partial charge in [-0.15, -0.1) is 0 Å². The van der Waals surface area contributed by atoms with Crippen molar-refractivity contribution in [2.24, 2.45) is 5.73 Å². The number of carbonyl (C=O) groups is 1. The van der Waals surface area contributed by atoms with Crippen LogP contribution < -0.4 is 16.2 Å². The molecule has 1 saturated carbocycles. The van der Waals surface area contributed by atoms with Gasteiger partial charge in [0.05, 0.1) is 17.4 Å². The molecule has 0 radical (unpaired) electrons. The first-order chi connectivity index (χ1) is 8.18. The predicted molar refractivity (Wildman–Crippen MR) is 66.9 cm³/mol. The third-order valence-electron chi connectivity index (χ3n) is 3.18. The number of primary amides is 1. The minimum Gasteiger partial charge on any atom is -0.488 e.